The molecule has 3 heteroatoms. The van der Waals surface area contributed by atoms with Gasteiger partial charge in [-0.05, 0) is 25.2 Å². The van der Waals surface area contributed by atoms with E-state index in [1.54, 1.807) is 0 Å². The van der Waals surface area contributed by atoms with Crippen LogP contribution in [0.4, 0.5) is 0 Å². The summed E-state index contributed by atoms with van der Waals surface area (Å²) in [7, 11) is 2.06. The molecule has 1 aliphatic carbocycles. The average Bonchev–Trinajstić information content (AvgIpc) is 2.88. The molecule has 0 aromatic carbocycles. The number of rotatable bonds is 4. The molecule has 0 radical (unpaired) electrons. The molecule has 2 nitrogen and oxygen atoms in total. The van der Waals surface area contributed by atoms with Crippen LogP contribution in [0.25, 0.3) is 0 Å². The quantitative estimate of drug-likeness (QED) is 0.743. The van der Waals surface area contributed by atoms with E-state index in [0.717, 1.165) is 12.3 Å². The zero-order chi connectivity index (χ0) is 9.26. The number of hydrogen-bond acceptors (Lipinski definition) is 1. The number of aryl methyl sites for hydroxylation is 2. The molecular weight excluding hydrogens is 228 g/mol. The van der Waals surface area contributed by atoms with Gasteiger partial charge in [-0.1, -0.05) is 15.9 Å². The zero-order valence-corrected chi connectivity index (χ0v) is 9.50. The van der Waals surface area contributed by atoms with Crippen LogP contribution >= 0.6 is 15.9 Å². The molecule has 0 N–H and O–H groups in total. The van der Waals surface area contributed by atoms with Gasteiger partial charge in [0.05, 0.1) is 0 Å². The predicted octanol–water partition coefficient (Wildman–Crippen LogP) is 2.53. The molecule has 1 atom stereocenters. The summed E-state index contributed by atoms with van der Waals surface area (Å²) >= 11 is 3.74. The second-order valence-electron chi connectivity index (χ2n) is 3.85. The van der Waals surface area contributed by atoms with Crippen LogP contribution in [0.15, 0.2) is 12.4 Å². The lowest BCUT2D eigenvalue weighted by Gasteiger charge is -2.07. The smallest absolute Gasteiger partial charge is 0.108 e. The van der Waals surface area contributed by atoms with Crippen molar-refractivity contribution in [3.05, 3.63) is 18.2 Å². The molecule has 0 bridgehead atoms. The molecule has 1 aromatic heterocycles. The van der Waals surface area contributed by atoms with Gasteiger partial charge in [-0.2, -0.15) is 0 Å². The van der Waals surface area contributed by atoms with Crippen LogP contribution in [-0.4, -0.2) is 14.4 Å². The standard InChI is InChI=1S/C10H15BrN2/c1-13-7-6-12-10(13)5-4-9(11)8-2-3-8/h6-9H,2-5H2,1H3. The monoisotopic (exact) mass is 242 g/mol. The van der Waals surface area contributed by atoms with Crippen molar-refractivity contribution < 1.29 is 0 Å². The normalized spacial score (nSPS) is 18.9. The summed E-state index contributed by atoms with van der Waals surface area (Å²) in [6.07, 6.45) is 9.02. The Morgan fingerprint density at radius 1 is 1.69 bits per heavy atom. The fraction of sp³-hybridized carbons (Fsp3) is 0.700. The summed E-state index contributed by atoms with van der Waals surface area (Å²) in [5, 5.41) is 0. The third kappa shape index (κ3) is 2.33. The number of nitrogens with zero attached hydrogens (tertiary/aromatic N) is 2. The highest BCUT2D eigenvalue weighted by molar-refractivity contribution is 9.09. The summed E-state index contributed by atoms with van der Waals surface area (Å²) in [6.45, 7) is 0. The first kappa shape index (κ1) is 9.25. The topological polar surface area (TPSA) is 17.8 Å². The van der Waals surface area contributed by atoms with E-state index >= 15 is 0 Å². The minimum absolute atomic E-state index is 0.712. The van der Waals surface area contributed by atoms with Gasteiger partial charge in [0.25, 0.3) is 0 Å². The second kappa shape index (κ2) is 3.82. The minimum atomic E-state index is 0.712. The van der Waals surface area contributed by atoms with Gasteiger partial charge in [0, 0.05) is 30.7 Å². The summed E-state index contributed by atoms with van der Waals surface area (Å²) < 4.78 is 2.10. The van der Waals surface area contributed by atoms with Gasteiger partial charge in [0.2, 0.25) is 0 Å². The van der Waals surface area contributed by atoms with E-state index in [2.05, 4.69) is 32.5 Å². The number of aromatic nitrogens is 2. The molecule has 1 aliphatic rings. The number of alkyl halides is 1. The third-order valence-corrected chi connectivity index (χ3v) is 3.90. The number of halogens is 1. The van der Waals surface area contributed by atoms with Crippen LogP contribution in [0, 0.1) is 5.92 Å². The fourth-order valence-corrected chi connectivity index (χ4v) is 2.36. The van der Waals surface area contributed by atoms with Crippen molar-refractivity contribution in [2.75, 3.05) is 0 Å². The number of imidazole rings is 1. The highest BCUT2D eigenvalue weighted by Gasteiger charge is 2.28. The van der Waals surface area contributed by atoms with E-state index < -0.39 is 0 Å². The highest BCUT2D eigenvalue weighted by atomic mass is 79.9. The lowest BCUT2D eigenvalue weighted by Crippen LogP contribution is -2.05. The molecule has 0 aliphatic heterocycles. The molecule has 0 saturated heterocycles. The van der Waals surface area contributed by atoms with E-state index in [-0.39, 0.29) is 0 Å². The average molecular weight is 243 g/mol. The first-order valence-electron chi connectivity index (χ1n) is 4.87. The molecule has 1 aromatic rings. The van der Waals surface area contributed by atoms with Crippen molar-refractivity contribution in [1.82, 2.24) is 9.55 Å². The minimum Gasteiger partial charge on any atom is -0.338 e. The molecule has 0 spiro atoms. The molecule has 0 amide bonds. The van der Waals surface area contributed by atoms with Crippen LogP contribution in [0.5, 0.6) is 0 Å². The maximum absolute atomic E-state index is 4.31. The van der Waals surface area contributed by atoms with E-state index in [1.165, 1.54) is 25.1 Å². The van der Waals surface area contributed by atoms with Crippen molar-refractivity contribution in [3.8, 4) is 0 Å². The maximum Gasteiger partial charge on any atom is 0.108 e. The highest BCUT2D eigenvalue weighted by Crippen LogP contribution is 2.38. The van der Waals surface area contributed by atoms with Crippen molar-refractivity contribution in [3.63, 3.8) is 0 Å². The Balaban J connectivity index is 1.81. The zero-order valence-electron chi connectivity index (χ0n) is 7.91. The Morgan fingerprint density at radius 3 is 3.00 bits per heavy atom. The summed E-state index contributed by atoms with van der Waals surface area (Å²) in [5.74, 6) is 2.14. The summed E-state index contributed by atoms with van der Waals surface area (Å²) in [6, 6.07) is 0. The molecule has 1 saturated carbocycles. The van der Waals surface area contributed by atoms with Crippen LogP contribution in [0.2, 0.25) is 0 Å². The predicted molar refractivity (Wildman–Crippen MR) is 57.0 cm³/mol. The Bertz CT molecular complexity index is 278. The molecule has 72 valence electrons. The van der Waals surface area contributed by atoms with Crippen LogP contribution in [-0.2, 0) is 13.5 Å². The maximum atomic E-state index is 4.31. The van der Waals surface area contributed by atoms with E-state index in [9.17, 15) is 0 Å². The number of hydrogen-bond donors (Lipinski definition) is 0. The van der Waals surface area contributed by atoms with Crippen molar-refractivity contribution >= 4 is 15.9 Å². The van der Waals surface area contributed by atoms with Crippen molar-refractivity contribution in [1.29, 1.82) is 0 Å². The van der Waals surface area contributed by atoms with E-state index in [0.29, 0.717) is 4.83 Å². The van der Waals surface area contributed by atoms with Gasteiger partial charge in [0.15, 0.2) is 0 Å². The van der Waals surface area contributed by atoms with E-state index in [4.69, 9.17) is 0 Å². The SMILES string of the molecule is Cn1ccnc1CCC(Br)C1CC1. The van der Waals surface area contributed by atoms with Crippen molar-refractivity contribution in [2.24, 2.45) is 13.0 Å². The Kier molecular flexibility index (Phi) is 2.72. The largest absolute Gasteiger partial charge is 0.338 e. The van der Waals surface area contributed by atoms with Gasteiger partial charge in [-0.3, -0.25) is 0 Å². The molecule has 13 heavy (non-hydrogen) atoms. The summed E-state index contributed by atoms with van der Waals surface area (Å²) in [5.41, 5.74) is 0. The van der Waals surface area contributed by atoms with Gasteiger partial charge in [-0.25, -0.2) is 4.98 Å². The van der Waals surface area contributed by atoms with Crippen molar-refractivity contribution in [2.45, 2.75) is 30.5 Å². The molecule has 1 unspecified atom stereocenters. The second-order valence-corrected chi connectivity index (χ2v) is 5.02. The molecule has 1 heterocycles. The van der Waals surface area contributed by atoms with Crippen LogP contribution < -0.4 is 0 Å². The van der Waals surface area contributed by atoms with Gasteiger partial charge in [-0.15, -0.1) is 0 Å². The lowest BCUT2D eigenvalue weighted by molar-refractivity contribution is 0.659. The third-order valence-electron chi connectivity index (χ3n) is 2.70. The Labute approximate surface area is 87.5 Å². The summed E-state index contributed by atoms with van der Waals surface area (Å²) in [4.78, 5) is 5.02. The first-order valence-corrected chi connectivity index (χ1v) is 5.79. The Morgan fingerprint density at radius 2 is 2.46 bits per heavy atom. The molecule has 1 fully saturated rings. The molecular formula is C10H15BrN2. The Hall–Kier alpha value is -0.310. The van der Waals surface area contributed by atoms with Gasteiger partial charge < -0.3 is 4.57 Å². The lowest BCUT2D eigenvalue weighted by atomic mass is 10.1. The van der Waals surface area contributed by atoms with Crippen LogP contribution in [0.3, 0.4) is 0 Å². The van der Waals surface area contributed by atoms with E-state index in [1.807, 2.05) is 12.4 Å². The van der Waals surface area contributed by atoms with Gasteiger partial charge >= 0.3 is 0 Å². The van der Waals surface area contributed by atoms with Gasteiger partial charge in [0.1, 0.15) is 5.82 Å². The molecule has 2 rings (SSSR count). The van der Waals surface area contributed by atoms with Crippen LogP contribution in [0.1, 0.15) is 25.1 Å². The first-order chi connectivity index (χ1) is 6.27. The fourth-order valence-electron chi connectivity index (χ4n) is 1.60.